The number of anilines is 1. The Morgan fingerprint density at radius 3 is 2.81 bits per heavy atom. The summed E-state index contributed by atoms with van der Waals surface area (Å²) in [7, 11) is 0. The van der Waals surface area contributed by atoms with Gasteiger partial charge < -0.3 is 5.73 Å². The Morgan fingerprint density at radius 1 is 1.24 bits per heavy atom. The zero-order chi connectivity index (χ0) is 14.8. The fourth-order valence-corrected chi connectivity index (χ4v) is 3.19. The van der Waals surface area contributed by atoms with Gasteiger partial charge in [-0.3, -0.25) is 4.68 Å². The van der Waals surface area contributed by atoms with E-state index in [1.807, 2.05) is 16.8 Å². The van der Waals surface area contributed by atoms with Gasteiger partial charge in [0.2, 0.25) is 0 Å². The van der Waals surface area contributed by atoms with Crippen LogP contribution in [0.2, 0.25) is 0 Å². The van der Waals surface area contributed by atoms with Gasteiger partial charge in [-0.2, -0.15) is 5.10 Å². The molecule has 3 rings (SSSR count). The van der Waals surface area contributed by atoms with Crippen LogP contribution in [0.4, 0.5) is 10.1 Å². The van der Waals surface area contributed by atoms with Gasteiger partial charge >= 0.3 is 0 Å². The lowest BCUT2D eigenvalue weighted by molar-refractivity contribution is 0.602. The van der Waals surface area contributed by atoms with E-state index >= 15 is 0 Å². The van der Waals surface area contributed by atoms with Crippen LogP contribution in [0.3, 0.4) is 0 Å². The minimum absolute atomic E-state index is 0.278. The van der Waals surface area contributed by atoms with Gasteiger partial charge in [-0.05, 0) is 31.2 Å². The molecule has 0 radical (unpaired) electrons. The Morgan fingerprint density at radius 2 is 2.05 bits per heavy atom. The summed E-state index contributed by atoms with van der Waals surface area (Å²) >= 11 is 1.44. The number of hydrogen-bond donors (Lipinski definition) is 1. The van der Waals surface area contributed by atoms with Gasteiger partial charge in [-0.1, -0.05) is 18.2 Å². The number of nitrogens with zero attached hydrogens (tertiary/aromatic N) is 2. The van der Waals surface area contributed by atoms with Gasteiger partial charge in [0.25, 0.3) is 0 Å². The molecule has 2 aromatic carbocycles. The largest absolute Gasteiger partial charge is 0.399 e. The molecule has 0 aliphatic rings. The number of nitrogen functional groups attached to an aromatic ring is 1. The average molecular weight is 301 g/mol. The number of benzene rings is 2. The van der Waals surface area contributed by atoms with E-state index in [0.717, 1.165) is 23.1 Å². The Hall–Kier alpha value is -2.01. The number of nitrogens with two attached hydrogens (primary N) is 1. The fraction of sp³-hybridized carbons (Fsp3) is 0.188. The molecule has 0 atom stereocenters. The van der Waals surface area contributed by atoms with Crippen molar-refractivity contribution in [2.75, 3.05) is 5.73 Å². The zero-order valence-corrected chi connectivity index (χ0v) is 12.5. The third-order valence-corrected chi connectivity index (χ3v) is 4.41. The average Bonchev–Trinajstić information content (AvgIpc) is 2.85. The summed E-state index contributed by atoms with van der Waals surface area (Å²) in [6.45, 7) is 2.89. The van der Waals surface area contributed by atoms with Crippen molar-refractivity contribution in [1.82, 2.24) is 9.78 Å². The molecule has 0 aliphatic heterocycles. The molecule has 0 spiro atoms. The fourth-order valence-electron chi connectivity index (χ4n) is 2.32. The summed E-state index contributed by atoms with van der Waals surface area (Å²) in [5.41, 5.74) is 8.11. The smallest absolute Gasteiger partial charge is 0.138 e. The van der Waals surface area contributed by atoms with E-state index in [4.69, 9.17) is 5.73 Å². The van der Waals surface area contributed by atoms with E-state index < -0.39 is 0 Å². The minimum atomic E-state index is -0.278. The predicted octanol–water partition coefficient (Wildman–Crippen LogP) is 4.07. The second kappa shape index (κ2) is 5.77. The van der Waals surface area contributed by atoms with Crippen LogP contribution in [0.5, 0.6) is 0 Å². The van der Waals surface area contributed by atoms with Gasteiger partial charge in [-0.25, -0.2) is 4.39 Å². The summed E-state index contributed by atoms with van der Waals surface area (Å²) in [5.74, 6) is 0.355. The van der Waals surface area contributed by atoms with Crippen molar-refractivity contribution < 1.29 is 4.39 Å². The monoisotopic (exact) mass is 301 g/mol. The first kappa shape index (κ1) is 13.9. The van der Waals surface area contributed by atoms with E-state index in [2.05, 4.69) is 24.2 Å². The van der Waals surface area contributed by atoms with E-state index in [0.29, 0.717) is 16.3 Å². The third-order valence-electron chi connectivity index (χ3n) is 3.35. The van der Waals surface area contributed by atoms with Crippen molar-refractivity contribution in [1.29, 1.82) is 0 Å². The molecule has 5 heteroatoms. The number of fused-ring (bicyclic) bond motifs is 1. The summed E-state index contributed by atoms with van der Waals surface area (Å²) in [6.07, 6.45) is 0. The Balaban J connectivity index is 1.88. The van der Waals surface area contributed by atoms with Gasteiger partial charge in [0.05, 0.1) is 11.2 Å². The highest BCUT2D eigenvalue weighted by Gasteiger charge is 2.11. The number of rotatable bonds is 4. The summed E-state index contributed by atoms with van der Waals surface area (Å²) < 4.78 is 15.8. The first-order valence-corrected chi connectivity index (χ1v) is 7.80. The van der Waals surface area contributed by atoms with Crippen molar-refractivity contribution in [2.24, 2.45) is 0 Å². The van der Waals surface area contributed by atoms with Crippen LogP contribution in [-0.2, 0) is 12.3 Å². The summed E-state index contributed by atoms with van der Waals surface area (Å²) in [4.78, 5) is 0.597. The standard InChI is InChI=1S/C16H16FN3S/c1-2-20-15-6-4-3-5-12(15)14(19-20)10-21-16-8-7-11(18)9-13(16)17/h3-9H,2,10,18H2,1H3. The molecule has 108 valence electrons. The number of aromatic nitrogens is 2. The maximum atomic E-state index is 13.8. The van der Waals surface area contributed by atoms with Gasteiger partial charge in [-0.15, -0.1) is 11.8 Å². The number of thioether (sulfide) groups is 1. The van der Waals surface area contributed by atoms with Crippen LogP contribution in [0, 0.1) is 5.82 Å². The van der Waals surface area contributed by atoms with Crippen molar-refractivity contribution in [3.8, 4) is 0 Å². The van der Waals surface area contributed by atoms with Crippen LogP contribution < -0.4 is 5.73 Å². The maximum absolute atomic E-state index is 13.8. The Kier molecular flexibility index (Phi) is 3.84. The molecule has 3 aromatic rings. The van der Waals surface area contributed by atoms with E-state index in [1.165, 1.54) is 17.8 Å². The van der Waals surface area contributed by atoms with Crippen molar-refractivity contribution in [3.05, 3.63) is 54.0 Å². The normalized spacial score (nSPS) is 11.1. The summed E-state index contributed by atoms with van der Waals surface area (Å²) in [5, 5.41) is 5.75. The second-order valence-corrected chi connectivity index (χ2v) is 5.78. The van der Waals surface area contributed by atoms with Gasteiger partial charge in [0, 0.05) is 28.3 Å². The molecule has 0 fully saturated rings. The molecular formula is C16H16FN3S. The highest BCUT2D eigenvalue weighted by atomic mass is 32.2. The van der Waals surface area contributed by atoms with E-state index in [-0.39, 0.29) is 5.82 Å². The number of para-hydroxylation sites is 1. The SMILES string of the molecule is CCn1nc(CSc2ccc(N)cc2F)c2ccccc21. The molecule has 0 aliphatic carbocycles. The van der Waals surface area contributed by atoms with E-state index in [9.17, 15) is 4.39 Å². The molecule has 0 bridgehead atoms. The lowest BCUT2D eigenvalue weighted by Gasteiger charge is -2.03. The molecule has 0 saturated heterocycles. The predicted molar refractivity (Wildman–Crippen MR) is 85.8 cm³/mol. The topological polar surface area (TPSA) is 43.8 Å². The molecule has 0 amide bonds. The maximum Gasteiger partial charge on any atom is 0.138 e. The summed E-state index contributed by atoms with van der Waals surface area (Å²) in [6, 6.07) is 12.9. The van der Waals surface area contributed by atoms with Crippen molar-refractivity contribution >= 4 is 28.4 Å². The Bertz CT molecular complexity index is 782. The molecule has 2 N–H and O–H groups in total. The highest BCUT2D eigenvalue weighted by Crippen LogP contribution is 2.29. The molecule has 0 unspecified atom stereocenters. The first-order valence-electron chi connectivity index (χ1n) is 6.81. The van der Waals surface area contributed by atoms with Gasteiger partial charge in [0.15, 0.2) is 0 Å². The second-order valence-electron chi connectivity index (χ2n) is 4.76. The molecule has 1 aromatic heterocycles. The van der Waals surface area contributed by atoms with Crippen molar-refractivity contribution in [2.45, 2.75) is 24.1 Å². The number of aryl methyl sites for hydroxylation is 1. The Labute approximate surface area is 127 Å². The molecular weight excluding hydrogens is 285 g/mol. The van der Waals surface area contributed by atoms with Crippen LogP contribution in [-0.4, -0.2) is 9.78 Å². The van der Waals surface area contributed by atoms with Crippen molar-refractivity contribution in [3.63, 3.8) is 0 Å². The van der Waals surface area contributed by atoms with Crippen LogP contribution >= 0.6 is 11.8 Å². The first-order chi connectivity index (χ1) is 10.2. The molecule has 3 nitrogen and oxygen atoms in total. The third kappa shape index (κ3) is 2.74. The number of hydrogen-bond acceptors (Lipinski definition) is 3. The molecule has 0 saturated carbocycles. The van der Waals surface area contributed by atoms with Crippen LogP contribution in [0.1, 0.15) is 12.6 Å². The lowest BCUT2D eigenvalue weighted by atomic mass is 10.2. The lowest BCUT2D eigenvalue weighted by Crippen LogP contribution is -1.96. The van der Waals surface area contributed by atoms with Crippen LogP contribution in [0.25, 0.3) is 10.9 Å². The van der Waals surface area contributed by atoms with Gasteiger partial charge in [0.1, 0.15) is 5.82 Å². The molecule has 1 heterocycles. The zero-order valence-electron chi connectivity index (χ0n) is 11.7. The highest BCUT2D eigenvalue weighted by molar-refractivity contribution is 7.98. The minimum Gasteiger partial charge on any atom is -0.399 e. The molecule has 21 heavy (non-hydrogen) atoms. The van der Waals surface area contributed by atoms with Crippen LogP contribution in [0.15, 0.2) is 47.4 Å². The number of halogens is 1. The quantitative estimate of drug-likeness (QED) is 0.583. The van der Waals surface area contributed by atoms with E-state index in [1.54, 1.807) is 12.1 Å².